The first-order chi connectivity index (χ1) is 15.7. The van der Waals surface area contributed by atoms with Gasteiger partial charge in [-0.05, 0) is 55.5 Å². The second kappa shape index (κ2) is 10.9. The molecule has 178 valence electrons. The first-order valence-corrected chi connectivity index (χ1v) is 12.9. The number of fused-ring (bicyclic) bond motifs is 1. The monoisotopic (exact) mass is 471 g/mol. The summed E-state index contributed by atoms with van der Waals surface area (Å²) in [5.74, 6) is 0.500. The molecule has 1 N–H and O–H groups in total. The van der Waals surface area contributed by atoms with Gasteiger partial charge in [0.05, 0.1) is 22.5 Å². The van der Waals surface area contributed by atoms with Crippen LogP contribution in [0.3, 0.4) is 0 Å². The van der Waals surface area contributed by atoms with Gasteiger partial charge >= 0.3 is 5.97 Å². The lowest BCUT2D eigenvalue weighted by Gasteiger charge is -2.19. The average molecular weight is 472 g/mol. The largest absolute Gasteiger partial charge is 0.465 e. The van der Waals surface area contributed by atoms with Crippen LogP contribution < -0.4 is 4.72 Å². The number of esters is 1. The highest BCUT2D eigenvalue weighted by Crippen LogP contribution is 2.19. The van der Waals surface area contributed by atoms with Gasteiger partial charge in [-0.1, -0.05) is 51.5 Å². The van der Waals surface area contributed by atoms with Crippen LogP contribution >= 0.6 is 0 Å². The van der Waals surface area contributed by atoms with E-state index in [1.165, 1.54) is 0 Å². The first kappa shape index (κ1) is 24.9. The average Bonchev–Trinajstić information content (AvgIpc) is 3.08. The summed E-state index contributed by atoms with van der Waals surface area (Å²) in [4.78, 5) is 17.2. The van der Waals surface area contributed by atoms with Gasteiger partial charge in [-0.15, -0.1) is 0 Å². The number of aromatic nitrogens is 2. The van der Waals surface area contributed by atoms with E-state index in [-0.39, 0.29) is 10.8 Å². The number of ether oxygens (including phenoxy) is 1. The Balaban J connectivity index is 1.74. The molecule has 0 bridgehead atoms. The Hall–Kier alpha value is -2.71. The number of para-hydroxylation sites is 2. The van der Waals surface area contributed by atoms with Crippen LogP contribution in [0.25, 0.3) is 11.0 Å². The van der Waals surface area contributed by atoms with Gasteiger partial charge in [0.25, 0.3) is 0 Å². The fourth-order valence-electron chi connectivity index (χ4n) is 3.69. The molecule has 3 aromatic rings. The van der Waals surface area contributed by atoms with Crippen LogP contribution in [0.5, 0.6) is 0 Å². The van der Waals surface area contributed by atoms with E-state index in [0.29, 0.717) is 19.6 Å². The van der Waals surface area contributed by atoms with Crippen molar-refractivity contribution in [2.24, 2.45) is 5.92 Å². The number of imidazole rings is 1. The lowest BCUT2D eigenvalue weighted by molar-refractivity contribution is -0.146. The molecule has 0 radical (unpaired) electrons. The van der Waals surface area contributed by atoms with Crippen molar-refractivity contribution in [1.29, 1.82) is 0 Å². The molecule has 0 fully saturated rings. The number of rotatable bonds is 11. The van der Waals surface area contributed by atoms with Gasteiger partial charge in [-0.3, -0.25) is 4.79 Å². The van der Waals surface area contributed by atoms with Crippen molar-refractivity contribution in [3.8, 4) is 0 Å². The molecule has 0 aliphatic heterocycles. The van der Waals surface area contributed by atoms with Crippen molar-refractivity contribution in [1.82, 2.24) is 14.3 Å². The predicted octanol–water partition coefficient (Wildman–Crippen LogP) is 4.43. The minimum absolute atomic E-state index is 0.119. The molecule has 7 nitrogen and oxygen atoms in total. The highest BCUT2D eigenvalue weighted by atomic mass is 32.2. The predicted molar refractivity (Wildman–Crippen MR) is 129 cm³/mol. The molecule has 3 rings (SSSR count). The summed E-state index contributed by atoms with van der Waals surface area (Å²) in [6.45, 7) is 8.72. The molecule has 33 heavy (non-hydrogen) atoms. The SMILES string of the molecule is CCCCOC(=O)[C@H](CC(C)C)NS(=O)(=O)c1ccc(Cn2c(C)nc3ccccc32)cc1. The highest BCUT2D eigenvalue weighted by Gasteiger charge is 2.27. The smallest absolute Gasteiger partial charge is 0.324 e. The summed E-state index contributed by atoms with van der Waals surface area (Å²) in [5, 5.41) is 0. The molecule has 0 unspecified atom stereocenters. The number of aryl methyl sites for hydroxylation is 1. The standard InChI is InChI=1S/C25H33N3O4S/c1-5-6-15-32-25(29)23(16-18(2)3)27-33(30,31)21-13-11-20(12-14-21)17-28-19(4)26-22-9-7-8-10-24(22)28/h7-14,18,23,27H,5-6,15-17H2,1-4H3/t23-/m0/s1. The fraction of sp³-hybridized carbons (Fsp3) is 0.440. The highest BCUT2D eigenvalue weighted by molar-refractivity contribution is 7.89. The maximum Gasteiger partial charge on any atom is 0.324 e. The third kappa shape index (κ3) is 6.42. The number of carbonyl (C=O) groups excluding carboxylic acids is 1. The fourth-order valence-corrected chi connectivity index (χ4v) is 4.89. The maximum atomic E-state index is 13.0. The van der Waals surface area contributed by atoms with Gasteiger partial charge in [0.1, 0.15) is 11.9 Å². The van der Waals surface area contributed by atoms with Crippen LogP contribution in [0, 0.1) is 12.8 Å². The number of unbranched alkanes of at least 4 members (excludes halogenated alkanes) is 1. The molecular formula is C25H33N3O4S. The number of hydrogen-bond acceptors (Lipinski definition) is 5. The lowest BCUT2D eigenvalue weighted by atomic mass is 10.1. The van der Waals surface area contributed by atoms with Crippen LogP contribution in [0.15, 0.2) is 53.4 Å². The van der Waals surface area contributed by atoms with Crippen LogP contribution in [-0.4, -0.2) is 36.6 Å². The van der Waals surface area contributed by atoms with Gasteiger partial charge in [-0.25, -0.2) is 13.4 Å². The summed E-state index contributed by atoms with van der Waals surface area (Å²) >= 11 is 0. The van der Waals surface area contributed by atoms with Crippen molar-refractivity contribution in [2.75, 3.05) is 6.61 Å². The second-order valence-electron chi connectivity index (χ2n) is 8.70. The van der Waals surface area contributed by atoms with Crippen molar-refractivity contribution >= 4 is 27.0 Å². The Morgan fingerprint density at radius 1 is 1.12 bits per heavy atom. The van der Waals surface area contributed by atoms with Gasteiger partial charge in [0, 0.05) is 6.54 Å². The number of hydrogen-bond donors (Lipinski definition) is 1. The molecule has 0 spiro atoms. The topological polar surface area (TPSA) is 90.3 Å². The van der Waals surface area contributed by atoms with Crippen LogP contribution in [0.1, 0.15) is 51.4 Å². The van der Waals surface area contributed by atoms with E-state index < -0.39 is 22.0 Å². The Labute approximate surface area is 196 Å². The lowest BCUT2D eigenvalue weighted by Crippen LogP contribution is -2.42. The van der Waals surface area contributed by atoms with E-state index in [2.05, 4.69) is 14.3 Å². The van der Waals surface area contributed by atoms with Gasteiger partial charge in [0.15, 0.2) is 0 Å². The molecule has 0 saturated carbocycles. The normalized spacial score (nSPS) is 12.9. The number of nitrogens with one attached hydrogen (secondary N) is 1. The molecule has 0 amide bonds. The molecule has 8 heteroatoms. The van der Waals surface area contributed by atoms with E-state index in [1.807, 2.05) is 52.0 Å². The Bertz CT molecular complexity index is 1180. The second-order valence-corrected chi connectivity index (χ2v) is 10.4. The Morgan fingerprint density at radius 2 is 1.82 bits per heavy atom. The zero-order valence-electron chi connectivity index (χ0n) is 19.7. The maximum absolute atomic E-state index is 13.0. The van der Waals surface area contributed by atoms with Gasteiger partial charge in [-0.2, -0.15) is 4.72 Å². The zero-order chi connectivity index (χ0) is 24.0. The summed E-state index contributed by atoms with van der Waals surface area (Å²) in [6, 6.07) is 13.7. The molecule has 1 aromatic heterocycles. The minimum atomic E-state index is -3.87. The number of nitrogens with zero attached hydrogens (tertiary/aromatic N) is 2. The quantitative estimate of drug-likeness (QED) is 0.330. The van der Waals surface area contributed by atoms with Crippen LogP contribution in [0.4, 0.5) is 0 Å². The third-order valence-electron chi connectivity index (χ3n) is 5.45. The van der Waals surface area contributed by atoms with E-state index in [1.54, 1.807) is 24.3 Å². The number of benzene rings is 2. The number of sulfonamides is 1. The number of carbonyl (C=O) groups is 1. The van der Waals surface area contributed by atoms with Gasteiger partial charge in [0.2, 0.25) is 10.0 Å². The van der Waals surface area contributed by atoms with E-state index in [9.17, 15) is 13.2 Å². The van der Waals surface area contributed by atoms with Crippen molar-refractivity contribution in [3.05, 3.63) is 59.9 Å². The minimum Gasteiger partial charge on any atom is -0.465 e. The summed E-state index contributed by atoms with van der Waals surface area (Å²) in [6.07, 6.45) is 2.02. The van der Waals surface area contributed by atoms with Crippen LogP contribution in [-0.2, 0) is 26.1 Å². The molecule has 2 aromatic carbocycles. The van der Waals surface area contributed by atoms with Crippen molar-refractivity contribution in [2.45, 2.75) is 64.4 Å². The summed E-state index contributed by atoms with van der Waals surface area (Å²) < 4.78 is 35.9. The van der Waals surface area contributed by atoms with Gasteiger partial charge < -0.3 is 9.30 Å². The Kier molecular flexibility index (Phi) is 8.26. The van der Waals surface area contributed by atoms with Crippen LogP contribution in [0.2, 0.25) is 0 Å². The zero-order valence-corrected chi connectivity index (χ0v) is 20.6. The molecule has 1 atom stereocenters. The molecule has 0 aliphatic rings. The summed E-state index contributed by atoms with van der Waals surface area (Å²) in [7, 11) is -3.87. The van der Waals surface area contributed by atoms with E-state index in [0.717, 1.165) is 35.3 Å². The molecular weight excluding hydrogens is 438 g/mol. The Morgan fingerprint density at radius 3 is 2.48 bits per heavy atom. The van der Waals surface area contributed by atoms with E-state index in [4.69, 9.17) is 4.74 Å². The third-order valence-corrected chi connectivity index (χ3v) is 6.94. The molecule has 0 aliphatic carbocycles. The molecule has 1 heterocycles. The van der Waals surface area contributed by atoms with E-state index >= 15 is 0 Å². The summed E-state index contributed by atoms with van der Waals surface area (Å²) in [5.41, 5.74) is 2.92. The van der Waals surface area contributed by atoms with Crippen molar-refractivity contribution < 1.29 is 17.9 Å². The first-order valence-electron chi connectivity index (χ1n) is 11.4. The van der Waals surface area contributed by atoms with Crippen molar-refractivity contribution in [3.63, 3.8) is 0 Å². The molecule has 0 saturated heterocycles.